The predicted molar refractivity (Wildman–Crippen MR) is 54.4 cm³/mol. The molecule has 1 aliphatic carbocycles. The van der Waals surface area contributed by atoms with Crippen LogP contribution in [-0.4, -0.2) is 18.1 Å². The Labute approximate surface area is 89.0 Å². The van der Waals surface area contributed by atoms with E-state index in [4.69, 9.17) is 16.0 Å². The summed E-state index contributed by atoms with van der Waals surface area (Å²) in [5, 5.41) is 2.42. The highest BCUT2D eigenvalue weighted by Gasteiger charge is 2.27. The molecule has 1 fully saturated rings. The van der Waals surface area contributed by atoms with Gasteiger partial charge in [-0.25, -0.2) is 0 Å². The summed E-state index contributed by atoms with van der Waals surface area (Å²) >= 11 is 5.22. The maximum Gasteiger partial charge on any atom is 0.554 e. The minimum atomic E-state index is -2.02. The molecule has 0 amide bonds. The molecule has 0 spiro atoms. The van der Waals surface area contributed by atoms with Crippen molar-refractivity contribution in [2.24, 2.45) is 0 Å². The average Bonchev–Trinajstić information content (AvgIpc) is 2.55. The molecular weight excluding hydrogens is 225 g/mol. The standard InChI is InChI=1S/C8H14ClNO3P/c1-6(10-14(9)12)8(11)13-7-4-2-3-5-7/h6-7H,2-5H2,1H3,(H,10,12)/q+1/t6-/m0/s1. The molecule has 0 aromatic heterocycles. The van der Waals surface area contributed by atoms with Crippen LogP contribution in [0.25, 0.3) is 0 Å². The summed E-state index contributed by atoms with van der Waals surface area (Å²) in [7, 11) is -2.02. The van der Waals surface area contributed by atoms with Crippen LogP contribution in [0.4, 0.5) is 0 Å². The van der Waals surface area contributed by atoms with E-state index in [9.17, 15) is 9.36 Å². The van der Waals surface area contributed by atoms with E-state index in [0.29, 0.717) is 0 Å². The van der Waals surface area contributed by atoms with E-state index in [-0.39, 0.29) is 12.1 Å². The van der Waals surface area contributed by atoms with Crippen molar-refractivity contribution in [3.05, 3.63) is 0 Å². The Morgan fingerprint density at radius 3 is 2.64 bits per heavy atom. The highest BCUT2D eigenvalue weighted by atomic mass is 35.7. The Hall–Kier alpha value is -0.180. The number of nitrogens with one attached hydrogen (secondary N) is 1. The van der Waals surface area contributed by atoms with Crippen LogP contribution < -0.4 is 5.09 Å². The molecule has 0 saturated heterocycles. The first-order chi connectivity index (χ1) is 6.59. The van der Waals surface area contributed by atoms with Crippen LogP contribution in [0.5, 0.6) is 0 Å². The number of halogens is 1. The van der Waals surface area contributed by atoms with Crippen LogP contribution in [0.3, 0.4) is 0 Å². The zero-order valence-corrected chi connectivity index (χ0v) is 9.68. The van der Waals surface area contributed by atoms with Gasteiger partial charge < -0.3 is 4.74 Å². The van der Waals surface area contributed by atoms with E-state index in [2.05, 4.69) is 5.09 Å². The van der Waals surface area contributed by atoms with Crippen molar-refractivity contribution in [3.8, 4) is 0 Å². The van der Waals surface area contributed by atoms with Gasteiger partial charge in [0, 0.05) is 0 Å². The van der Waals surface area contributed by atoms with Gasteiger partial charge in [-0.05, 0) is 37.2 Å². The van der Waals surface area contributed by atoms with Crippen molar-refractivity contribution in [1.29, 1.82) is 0 Å². The molecular formula is C8H14ClNO3P+. The molecule has 0 bridgehead atoms. The fourth-order valence-electron chi connectivity index (χ4n) is 1.48. The smallest absolute Gasteiger partial charge is 0.461 e. The quantitative estimate of drug-likeness (QED) is 0.603. The van der Waals surface area contributed by atoms with Gasteiger partial charge in [-0.3, -0.25) is 4.79 Å². The number of ether oxygens (including phenoxy) is 1. The van der Waals surface area contributed by atoms with Gasteiger partial charge in [0.05, 0.1) is 0 Å². The Morgan fingerprint density at radius 2 is 2.14 bits per heavy atom. The monoisotopic (exact) mass is 238 g/mol. The lowest BCUT2D eigenvalue weighted by molar-refractivity contribution is -0.150. The highest BCUT2D eigenvalue weighted by Crippen LogP contribution is 2.23. The van der Waals surface area contributed by atoms with E-state index < -0.39 is 13.3 Å². The van der Waals surface area contributed by atoms with Crippen molar-refractivity contribution in [2.45, 2.75) is 44.8 Å². The van der Waals surface area contributed by atoms with E-state index in [1.807, 2.05) is 0 Å². The number of carbonyl (C=O) groups is 1. The van der Waals surface area contributed by atoms with Gasteiger partial charge >= 0.3 is 13.3 Å². The number of esters is 1. The lowest BCUT2D eigenvalue weighted by Gasteiger charge is -2.12. The fourth-order valence-corrected chi connectivity index (χ4v) is 2.33. The highest BCUT2D eigenvalue weighted by molar-refractivity contribution is 7.72. The van der Waals surface area contributed by atoms with Gasteiger partial charge in [-0.2, -0.15) is 0 Å². The topological polar surface area (TPSA) is 55.4 Å². The molecule has 0 heterocycles. The van der Waals surface area contributed by atoms with Gasteiger partial charge in [0.2, 0.25) is 11.2 Å². The molecule has 1 unspecified atom stereocenters. The third-order valence-corrected chi connectivity index (χ3v) is 3.12. The molecule has 1 rings (SSSR count). The van der Waals surface area contributed by atoms with Crippen molar-refractivity contribution in [2.75, 3.05) is 0 Å². The molecule has 1 aliphatic rings. The van der Waals surface area contributed by atoms with Crippen molar-refractivity contribution < 1.29 is 14.1 Å². The maximum absolute atomic E-state index is 11.4. The molecule has 1 saturated carbocycles. The number of rotatable bonds is 4. The first-order valence-corrected chi connectivity index (χ1v) is 6.85. The Kier molecular flexibility index (Phi) is 4.79. The van der Waals surface area contributed by atoms with Crippen molar-refractivity contribution in [3.63, 3.8) is 0 Å². The lowest BCUT2D eigenvalue weighted by atomic mass is 10.3. The van der Waals surface area contributed by atoms with Crippen molar-refractivity contribution >= 4 is 24.5 Å². The summed E-state index contributed by atoms with van der Waals surface area (Å²) in [6.45, 7) is 1.59. The molecule has 14 heavy (non-hydrogen) atoms. The predicted octanol–water partition coefficient (Wildman–Crippen LogP) is 2.35. The van der Waals surface area contributed by atoms with Crippen LogP contribution in [0, 0.1) is 0 Å². The number of carbonyl (C=O) groups excluding carboxylic acids is 1. The normalized spacial score (nSPS) is 20.6. The van der Waals surface area contributed by atoms with Gasteiger partial charge in [-0.15, -0.1) is 0 Å². The van der Waals surface area contributed by atoms with Gasteiger partial charge in [-0.1, -0.05) is 5.09 Å². The minimum absolute atomic E-state index is 0.0416. The van der Waals surface area contributed by atoms with E-state index >= 15 is 0 Å². The Bertz CT molecular complexity index is 231. The first kappa shape index (κ1) is 11.9. The summed E-state index contributed by atoms with van der Waals surface area (Å²) in [4.78, 5) is 11.4. The fraction of sp³-hybridized carbons (Fsp3) is 0.875. The maximum atomic E-state index is 11.4. The summed E-state index contributed by atoms with van der Waals surface area (Å²) < 4.78 is 15.8. The van der Waals surface area contributed by atoms with Gasteiger partial charge in [0.25, 0.3) is 0 Å². The zero-order valence-electron chi connectivity index (χ0n) is 8.03. The second-order valence-corrected chi connectivity index (χ2v) is 5.11. The van der Waals surface area contributed by atoms with Crippen LogP contribution in [0.15, 0.2) is 0 Å². The Balaban J connectivity index is 2.29. The third kappa shape index (κ3) is 3.91. The number of hydrogen-bond acceptors (Lipinski definition) is 3. The van der Waals surface area contributed by atoms with Crippen LogP contribution in [-0.2, 0) is 14.1 Å². The summed E-state index contributed by atoms with van der Waals surface area (Å²) in [5.74, 6) is -0.374. The molecule has 0 radical (unpaired) electrons. The van der Waals surface area contributed by atoms with E-state index in [0.717, 1.165) is 25.7 Å². The molecule has 2 atom stereocenters. The molecule has 80 valence electrons. The molecule has 0 aromatic carbocycles. The molecule has 0 aliphatic heterocycles. The Morgan fingerprint density at radius 1 is 1.57 bits per heavy atom. The van der Waals surface area contributed by atoms with Crippen LogP contribution in [0.1, 0.15) is 32.6 Å². The summed E-state index contributed by atoms with van der Waals surface area (Å²) in [6, 6.07) is -0.600. The zero-order chi connectivity index (χ0) is 10.6. The molecule has 0 aromatic rings. The lowest BCUT2D eigenvalue weighted by Crippen LogP contribution is -2.32. The van der Waals surface area contributed by atoms with Crippen LogP contribution >= 0.6 is 18.5 Å². The summed E-state index contributed by atoms with van der Waals surface area (Å²) in [5.41, 5.74) is 0. The van der Waals surface area contributed by atoms with Crippen molar-refractivity contribution in [1.82, 2.24) is 5.09 Å². The second-order valence-electron chi connectivity index (χ2n) is 3.44. The van der Waals surface area contributed by atoms with E-state index in [1.54, 1.807) is 6.92 Å². The number of hydrogen-bond donors (Lipinski definition) is 1. The largest absolute Gasteiger partial charge is 0.554 e. The van der Waals surface area contributed by atoms with Gasteiger partial charge in [0.15, 0.2) is 0 Å². The second kappa shape index (κ2) is 5.64. The van der Waals surface area contributed by atoms with Crippen LogP contribution in [0.2, 0.25) is 0 Å². The van der Waals surface area contributed by atoms with Gasteiger partial charge in [0.1, 0.15) is 12.1 Å². The molecule has 1 N–H and O–H groups in total. The third-order valence-electron chi connectivity index (χ3n) is 2.23. The minimum Gasteiger partial charge on any atom is -0.461 e. The molecule has 6 heteroatoms. The van der Waals surface area contributed by atoms with E-state index in [1.165, 1.54) is 0 Å². The average molecular weight is 239 g/mol. The molecule has 4 nitrogen and oxygen atoms in total. The SMILES string of the molecule is C[C@H](N[P+](=O)Cl)C(=O)OC1CCCC1. The first-order valence-electron chi connectivity index (χ1n) is 4.69. The summed E-state index contributed by atoms with van der Waals surface area (Å²) in [6.07, 6.45) is 4.14.